The first kappa shape index (κ1) is 16.4. The minimum absolute atomic E-state index is 0.340. The van der Waals surface area contributed by atoms with Crippen LogP contribution < -0.4 is 15.4 Å². The summed E-state index contributed by atoms with van der Waals surface area (Å²) in [7, 11) is 1.56. The summed E-state index contributed by atoms with van der Waals surface area (Å²) in [4.78, 5) is 20.5. The fraction of sp³-hybridized carbons (Fsp3) is 0.176. The highest BCUT2D eigenvalue weighted by atomic mass is 16.5. The van der Waals surface area contributed by atoms with Gasteiger partial charge in [0.25, 0.3) is 0 Å². The van der Waals surface area contributed by atoms with Crippen LogP contribution in [0.15, 0.2) is 48.8 Å². The second-order valence-corrected chi connectivity index (χ2v) is 5.29. The summed E-state index contributed by atoms with van der Waals surface area (Å²) in [6.07, 6.45) is 3.33. The molecule has 3 rings (SSSR count). The topological polar surface area (TPSA) is 94.0 Å². The number of amides is 2. The number of nitrogens with zero attached hydrogens (tertiary/aromatic N) is 4. The molecule has 0 fully saturated rings. The Labute approximate surface area is 144 Å². The molecule has 3 aromatic rings. The summed E-state index contributed by atoms with van der Waals surface area (Å²) in [5.41, 5.74) is 1.64. The number of methoxy groups -OCH3 is 1. The Morgan fingerprint density at radius 3 is 2.80 bits per heavy atom. The van der Waals surface area contributed by atoms with Gasteiger partial charge in [-0.15, -0.1) is 0 Å². The van der Waals surface area contributed by atoms with Crippen LogP contribution in [0.2, 0.25) is 0 Å². The quantitative estimate of drug-likeness (QED) is 0.744. The zero-order chi connectivity index (χ0) is 17.6. The highest BCUT2D eigenvalue weighted by Crippen LogP contribution is 2.15. The van der Waals surface area contributed by atoms with Crippen LogP contribution in [0.5, 0.6) is 5.88 Å². The first-order chi connectivity index (χ1) is 12.2. The van der Waals surface area contributed by atoms with E-state index in [0.717, 1.165) is 11.3 Å². The number of aromatic nitrogens is 4. The molecule has 0 saturated carbocycles. The molecule has 2 amide bonds. The maximum absolute atomic E-state index is 12.2. The van der Waals surface area contributed by atoms with Gasteiger partial charge in [0.05, 0.1) is 12.8 Å². The van der Waals surface area contributed by atoms with E-state index in [0.29, 0.717) is 24.1 Å². The van der Waals surface area contributed by atoms with E-state index in [1.165, 1.54) is 0 Å². The van der Waals surface area contributed by atoms with Crippen molar-refractivity contribution < 1.29 is 9.53 Å². The van der Waals surface area contributed by atoms with Crippen LogP contribution in [0.3, 0.4) is 0 Å². The van der Waals surface area contributed by atoms with Crippen LogP contribution >= 0.6 is 0 Å². The molecule has 0 saturated heterocycles. The van der Waals surface area contributed by atoms with Gasteiger partial charge < -0.3 is 10.1 Å². The van der Waals surface area contributed by atoms with Gasteiger partial charge in [0.15, 0.2) is 5.82 Å². The van der Waals surface area contributed by atoms with Gasteiger partial charge in [0.1, 0.15) is 5.82 Å². The maximum Gasteiger partial charge on any atom is 0.320 e. The second-order valence-electron chi connectivity index (χ2n) is 5.29. The van der Waals surface area contributed by atoms with Gasteiger partial charge in [0, 0.05) is 31.1 Å². The third kappa shape index (κ3) is 4.11. The van der Waals surface area contributed by atoms with Crippen LogP contribution in [0.1, 0.15) is 11.3 Å². The van der Waals surface area contributed by atoms with Crippen molar-refractivity contribution >= 4 is 11.8 Å². The molecular formula is C17H18N6O2. The summed E-state index contributed by atoms with van der Waals surface area (Å²) in [5.74, 6) is 1.70. The highest BCUT2D eigenvalue weighted by Gasteiger charge is 2.11. The van der Waals surface area contributed by atoms with Gasteiger partial charge >= 0.3 is 6.03 Å². The molecule has 3 aromatic heterocycles. The Morgan fingerprint density at radius 1 is 1.24 bits per heavy atom. The zero-order valence-electron chi connectivity index (χ0n) is 13.9. The van der Waals surface area contributed by atoms with E-state index in [-0.39, 0.29) is 6.03 Å². The first-order valence-electron chi connectivity index (χ1n) is 7.67. The lowest BCUT2D eigenvalue weighted by Gasteiger charge is -2.09. The average Bonchev–Trinajstić information content (AvgIpc) is 3.01. The number of urea groups is 1. The molecule has 0 spiro atoms. The molecule has 0 atom stereocenters. The molecule has 128 valence electrons. The molecule has 0 bridgehead atoms. The van der Waals surface area contributed by atoms with Gasteiger partial charge in [-0.05, 0) is 24.6 Å². The Morgan fingerprint density at radius 2 is 2.12 bits per heavy atom. The number of aryl methyl sites for hydroxylation is 1. The Balaban J connectivity index is 1.65. The third-order valence-corrected chi connectivity index (χ3v) is 3.40. The van der Waals surface area contributed by atoms with Crippen molar-refractivity contribution in [3.05, 3.63) is 60.0 Å². The van der Waals surface area contributed by atoms with Gasteiger partial charge in [-0.3, -0.25) is 5.32 Å². The molecule has 2 N–H and O–H groups in total. The largest absolute Gasteiger partial charge is 0.481 e. The molecule has 3 heterocycles. The molecule has 25 heavy (non-hydrogen) atoms. The van der Waals surface area contributed by atoms with E-state index in [1.54, 1.807) is 36.3 Å². The van der Waals surface area contributed by atoms with Gasteiger partial charge in [-0.25, -0.2) is 14.8 Å². The monoisotopic (exact) mass is 338 g/mol. The summed E-state index contributed by atoms with van der Waals surface area (Å²) < 4.78 is 6.59. The third-order valence-electron chi connectivity index (χ3n) is 3.40. The van der Waals surface area contributed by atoms with Crippen LogP contribution in [-0.2, 0) is 6.54 Å². The lowest BCUT2D eigenvalue weighted by atomic mass is 10.3. The number of hydrogen-bond donors (Lipinski definition) is 2. The lowest BCUT2D eigenvalue weighted by molar-refractivity contribution is 0.251. The molecule has 0 unspecified atom stereocenters. The van der Waals surface area contributed by atoms with Gasteiger partial charge in [-0.1, -0.05) is 12.1 Å². The molecule has 0 aliphatic carbocycles. The Kier molecular flexibility index (Phi) is 4.89. The molecule has 8 nitrogen and oxygen atoms in total. The van der Waals surface area contributed by atoms with Crippen LogP contribution in [0.4, 0.5) is 10.6 Å². The standard InChI is InChI=1S/C17H18N6O2/c1-12-9-15(23(22-12)14-5-3-4-8-18-14)21-17(24)20-11-13-6-7-16(25-2)19-10-13/h3-10H,11H2,1-2H3,(H2,20,21,24). The number of ether oxygens (including phenoxy) is 1. The number of nitrogens with one attached hydrogen (secondary N) is 2. The van der Waals surface area contributed by atoms with Crippen molar-refractivity contribution in [2.45, 2.75) is 13.5 Å². The van der Waals surface area contributed by atoms with E-state index in [9.17, 15) is 4.79 Å². The Bertz CT molecular complexity index is 845. The molecule has 0 aliphatic rings. The maximum atomic E-state index is 12.2. The number of carbonyl (C=O) groups excluding carboxylic acids is 1. The number of pyridine rings is 2. The van der Waals surface area contributed by atoms with Crippen molar-refractivity contribution in [2.24, 2.45) is 0 Å². The summed E-state index contributed by atoms with van der Waals surface area (Å²) >= 11 is 0. The lowest BCUT2D eigenvalue weighted by Crippen LogP contribution is -2.29. The number of hydrogen-bond acceptors (Lipinski definition) is 5. The van der Waals surface area contributed by atoms with E-state index < -0.39 is 0 Å². The van der Waals surface area contributed by atoms with Crippen molar-refractivity contribution in [1.29, 1.82) is 0 Å². The first-order valence-corrected chi connectivity index (χ1v) is 7.67. The molecule has 0 aromatic carbocycles. The minimum atomic E-state index is -0.340. The Hall–Kier alpha value is -3.42. The smallest absolute Gasteiger partial charge is 0.320 e. The van der Waals surface area contributed by atoms with Crippen LogP contribution in [0.25, 0.3) is 5.82 Å². The van der Waals surface area contributed by atoms with E-state index in [2.05, 4.69) is 25.7 Å². The molecular weight excluding hydrogens is 320 g/mol. The van der Waals surface area contributed by atoms with Crippen molar-refractivity contribution in [3.8, 4) is 11.7 Å². The van der Waals surface area contributed by atoms with Crippen molar-refractivity contribution in [3.63, 3.8) is 0 Å². The molecule has 0 radical (unpaired) electrons. The summed E-state index contributed by atoms with van der Waals surface area (Å²) in [6, 6.07) is 10.5. The SMILES string of the molecule is COc1ccc(CNC(=O)Nc2cc(C)nn2-c2ccccn2)cn1. The molecule has 8 heteroatoms. The predicted molar refractivity (Wildman–Crippen MR) is 92.7 cm³/mol. The predicted octanol–water partition coefficient (Wildman–Crippen LogP) is 2.30. The second kappa shape index (κ2) is 7.43. The van der Waals surface area contributed by atoms with Crippen LogP contribution in [-0.4, -0.2) is 32.9 Å². The van der Waals surface area contributed by atoms with Gasteiger partial charge in [0.2, 0.25) is 5.88 Å². The van der Waals surface area contributed by atoms with Crippen LogP contribution in [0, 0.1) is 6.92 Å². The zero-order valence-corrected chi connectivity index (χ0v) is 13.9. The van der Waals surface area contributed by atoms with E-state index >= 15 is 0 Å². The summed E-state index contributed by atoms with van der Waals surface area (Å²) in [5, 5.41) is 9.93. The fourth-order valence-electron chi connectivity index (χ4n) is 2.22. The average molecular weight is 338 g/mol. The number of rotatable bonds is 5. The number of anilines is 1. The van der Waals surface area contributed by atoms with E-state index in [1.807, 2.05) is 31.2 Å². The fourth-order valence-corrected chi connectivity index (χ4v) is 2.22. The molecule has 0 aliphatic heterocycles. The van der Waals surface area contributed by atoms with Crippen molar-refractivity contribution in [2.75, 3.05) is 12.4 Å². The minimum Gasteiger partial charge on any atom is -0.481 e. The highest BCUT2D eigenvalue weighted by molar-refractivity contribution is 5.88. The van der Waals surface area contributed by atoms with Gasteiger partial charge in [-0.2, -0.15) is 9.78 Å². The van der Waals surface area contributed by atoms with E-state index in [4.69, 9.17) is 4.74 Å². The normalized spacial score (nSPS) is 10.3. The summed E-state index contributed by atoms with van der Waals surface area (Å²) in [6.45, 7) is 2.20. The number of carbonyl (C=O) groups is 1. The van der Waals surface area contributed by atoms with Crippen molar-refractivity contribution in [1.82, 2.24) is 25.1 Å².